The van der Waals surface area contributed by atoms with Crippen LogP contribution in [-0.4, -0.2) is 51.6 Å². The molecule has 1 aromatic rings. The number of carbonyl (C=O) groups is 1. The maximum Gasteiger partial charge on any atom is 0.407 e. The van der Waals surface area contributed by atoms with E-state index in [0.29, 0.717) is 13.2 Å². The topological polar surface area (TPSA) is 78.5 Å². The normalized spacial score (nSPS) is 30.6. The van der Waals surface area contributed by atoms with Gasteiger partial charge in [-0.25, -0.2) is 4.79 Å². The highest BCUT2D eigenvalue weighted by Gasteiger charge is 2.37. The number of nitrogens with one attached hydrogen (secondary N) is 1. The van der Waals surface area contributed by atoms with E-state index >= 15 is 0 Å². The van der Waals surface area contributed by atoms with Crippen LogP contribution < -0.4 is 0 Å². The third-order valence-corrected chi connectivity index (χ3v) is 6.09. The van der Waals surface area contributed by atoms with Crippen molar-refractivity contribution >= 4 is 6.09 Å². The largest absolute Gasteiger partial charge is 0.465 e. The number of rotatable bonds is 5. The number of carboxylic acid groups (broad SMARTS) is 1. The summed E-state index contributed by atoms with van der Waals surface area (Å²) < 4.78 is 6.22. The standard InChI is InChI=1S/C19H31N3O3/c1-13(2)14-5-7-15(8-6-14)25-12-18-16(17-9-10-20-21-17)4-3-11-22(18)19(23)24/h9-10,13-16,18H,3-8,11-12H2,1-2H3,(H,20,21)(H,23,24)/t14-,15+,16-,18+/m1/s1. The van der Waals surface area contributed by atoms with Crippen molar-refractivity contribution in [3.05, 3.63) is 18.0 Å². The first-order valence-corrected chi connectivity index (χ1v) is 9.67. The van der Waals surface area contributed by atoms with Crippen LogP contribution in [0.3, 0.4) is 0 Å². The Labute approximate surface area is 149 Å². The predicted octanol–water partition coefficient (Wildman–Crippen LogP) is 3.87. The van der Waals surface area contributed by atoms with Crippen molar-refractivity contribution in [1.29, 1.82) is 0 Å². The first-order chi connectivity index (χ1) is 12.1. The molecular formula is C19H31N3O3. The zero-order valence-electron chi connectivity index (χ0n) is 15.4. The Balaban J connectivity index is 1.61. The minimum atomic E-state index is -0.850. The minimum absolute atomic E-state index is 0.114. The van der Waals surface area contributed by atoms with Gasteiger partial charge in [-0.2, -0.15) is 5.10 Å². The second-order valence-corrected chi connectivity index (χ2v) is 7.91. The zero-order valence-corrected chi connectivity index (χ0v) is 15.4. The molecule has 3 rings (SSSR count). The fraction of sp³-hybridized carbons (Fsp3) is 0.789. The molecule has 1 saturated heterocycles. The van der Waals surface area contributed by atoms with E-state index in [1.807, 2.05) is 6.07 Å². The molecule has 0 radical (unpaired) electrons. The van der Waals surface area contributed by atoms with Crippen LogP contribution in [-0.2, 0) is 4.74 Å². The molecule has 2 N–H and O–H groups in total. The van der Waals surface area contributed by atoms with Gasteiger partial charge in [-0.3, -0.25) is 5.10 Å². The van der Waals surface area contributed by atoms with E-state index in [2.05, 4.69) is 24.0 Å². The van der Waals surface area contributed by atoms with E-state index in [1.165, 1.54) is 12.8 Å². The molecule has 1 aromatic heterocycles. The number of likely N-dealkylation sites (tertiary alicyclic amines) is 1. The maximum atomic E-state index is 11.7. The first kappa shape index (κ1) is 18.2. The lowest BCUT2D eigenvalue weighted by Gasteiger charge is -2.40. The summed E-state index contributed by atoms with van der Waals surface area (Å²) in [5.74, 6) is 1.66. The van der Waals surface area contributed by atoms with Crippen LogP contribution in [0.25, 0.3) is 0 Å². The molecule has 0 aromatic carbocycles. The van der Waals surface area contributed by atoms with Crippen molar-refractivity contribution in [2.75, 3.05) is 13.2 Å². The quantitative estimate of drug-likeness (QED) is 0.846. The first-order valence-electron chi connectivity index (χ1n) is 9.67. The van der Waals surface area contributed by atoms with Gasteiger partial charge < -0.3 is 14.7 Å². The highest BCUT2D eigenvalue weighted by Crippen LogP contribution is 2.34. The molecule has 1 saturated carbocycles. The van der Waals surface area contributed by atoms with Crippen molar-refractivity contribution in [2.24, 2.45) is 11.8 Å². The van der Waals surface area contributed by atoms with Crippen LogP contribution in [0.4, 0.5) is 4.79 Å². The molecule has 1 aliphatic heterocycles. The summed E-state index contributed by atoms with van der Waals surface area (Å²) in [6, 6.07) is 1.81. The second-order valence-electron chi connectivity index (χ2n) is 7.91. The highest BCUT2D eigenvalue weighted by molar-refractivity contribution is 5.65. The lowest BCUT2D eigenvalue weighted by atomic mass is 9.80. The van der Waals surface area contributed by atoms with E-state index in [0.717, 1.165) is 43.2 Å². The number of aromatic amines is 1. The van der Waals surface area contributed by atoms with E-state index in [9.17, 15) is 9.90 Å². The lowest BCUT2D eigenvalue weighted by molar-refractivity contribution is -0.0284. The van der Waals surface area contributed by atoms with Gasteiger partial charge >= 0.3 is 6.09 Å². The van der Waals surface area contributed by atoms with Crippen LogP contribution in [0.2, 0.25) is 0 Å². The van der Waals surface area contributed by atoms with Crippen LogP contribution in [0.5, 0.6) is 0 Å². The van der Waals surface area contributed by atoms with Crippen LogP contribution in [0.1, 0.15) is 64.0 Å². The molecule has 1 amide bonds. The number of piperidine rings is 1. The predicted molar refractivity (Wildman–Crippen MR) is 95.6 cm³/mol. The average Bonchev–Trinajstić information content (AvgIpc) is 3.14. The average molecular weight is 349 g/mol. The Morgan fingerprint density at radius 3 is 2.72 bits per heavy atom. The Bertz CT molecular complexity index is 538. The van der Waals surface area contributed by atoms with Gasteiger partial charge in [-0.05, 0) is 56.4 Å². The summed E-state index contributed by atoms with van der Waals surface area (Å²) in [6.45, 7) is 5.66. The van der Waals surface area contributed by atoms with Gasteiger partial charge in [0.1, 0.15) is 0 Å². The van der Waals surface area contributed by atoms with Gasteiger partial charge in [0.25, 0.3) is 0 Å². The number of H-pyrrole nitrogens is 1. The molecule has 2 heterocycles. The molecule has 0 bridgehead atoms. The summed E-state index contributed by atoms with van der Waals surface area (Å²) in [7, 11) is 0. The molecule has 0 unspecified atom stereocenters. The van der Waals surface area contributed by atoms with Crippen molar-refractivity contribution < 1.29 is 14.6 Å². The van der Waals surface area contributed by atoms with Crippen molar-refractivity contribution in [3.8, 4) is 0 Å². The fourth-order valence-corrected chi connectivity index (χ4v) is 4.48. The summed E-state index contributed by atoms with van der Waals surface area (Å²) in [5, 5.41) is 16.8. The molecule has 2 atom stereocenters. The third-order valence-electron chi connectivity index (χ3n) is 6.09. The van der Waals surface area contributed by atoms with Crippen molar-refractivity contribution in [1.82, 2.24) is 15.1 Å². The van der Waals surface area contributed by atoms with Crippen LogP contribution in [0, 0.1) is 11.8 Å². The molecule has 140 valence electrons. The number of amides is 1. The molecule has 6 nitrogen and oxygen atoms in total. The SMILES string of the molecule is CC(C)[C@H]1CC[C@@H](OC[C@H]2[C@@H](c3cc[nH]n3)CCCN2C(=O)O)CC1. The smallest absolute Gasteiger partial charge is 0.407 e. The molecular weight excluding hydrogens is 318 g/mol. The summed E-state index contributed by atoms with van der Waals surface area (Å²) >= 11 is 0. The van der Waals surface area contributed by atoms with Crippen LogP contribution in [0.15, 0.2) is 12.3 Å². The Kier molecular flexibility index (Phi) is 5.99. The summed E-state index contributed by atoms with van der Waals surface area (Å²) in [6.07, 6.45) is 7.69. The molecule has 1 aliphatic carbocycles. The van der Waals surface area contributed by atoms with Crippen molar-refractivity contribution in [3.63, 3.8) is 0 Å². The van der Waals surface area contributed by atoms with Crippen molar-refractivity contribution in [2.45, 2.75) is 70.4 Å². The Morgan fingerprint density at radius 1 is 1.36 bits per heavy atom. The summed E-state index contributed by atoms with van der Waals surface area (Å²) in [4.78, 5) is 13.2. The van der Waals surface area contributed by atoms with Gasteiger partial charge in [0, 0.05) is 18.7 Å². The maximum absolute atomic E-state index is 11.7. The van der Waals surface area contributed by atoms with Gasteiger partial charge in [0.05, 0.1) is 24.4 Å². The highest BCUT2D eigenvalue weighted by atomic mass is 16.5. The van der Waals surface area contributed by atoms with E-state index in [-0.39, 0.29) is 18.1 Å². The Morgan fingerprint density at radius 2 is 2.12 bits per heavy atom. The molecule has 0 spiro atoms. The molecule has 25 heavy (non-hydrogen) atoms. The van der Waals surface area contributed by atoms with E-state index in [1.54, 1.807) is 11.1 Å². The number of hydrogen-bond donors (Lipinski definition) is 2. The Hall–Kier alpha value is -1.56. The number of nitrogens with zero attached hydrogens (tertiary/aromatic N) is 2. The van der Waals surface area contributed by atoms with Gasteiger partial charge in [0.15, 0.2) is 0 Å². The third kappa shape index (κ3) is 4.35. The molecule has 2 aliphatic rings. The second kappa shape index (κ2) is 8.21. The van der Waals surface area contributed by atoms with E-state index < -0.39 is 6.09 Å². The van der Waals surface area contributed by atoms with E-state index in [4.69, 9.17) is 4.74 Å². The van der Waals surface area contributed by atoms with Crippen LogP contribution >= 0.6 is 0 Å². The minimum Gasteiger partial charge on any atom is -0.465 e. The number of ether oxygens (including phenoxy) is 1. The van der Waals surface area contributed by atoms with Gasteiger partial charge in [0.2, 0.25) is 0 Å². The number of aromatic nitrogens is 2. The molecule has 6 heteroatoms. The van der Waals surface area contributed by atoms with Gasteiger partial charge in [-0.1, -0.05) is 13.8 Å². The van der Waals surface area contributed by atoms with Gasteiger partial charge in [-0.15, -0.1) is 0 Å². The fourth-order valence-electron chi connectivity index (χ4n) is 4.48. The summed E-state index contributed by atoms with van der Waals surface area (Å²) in [5.41, 5.74) is 0.947. The number of hydrogen-bond acceptors (Lipinski definition) is 3. The molecule has 2 fully saturated rings. The monoisotopic (exact) mass is 349 g/mol. The lowest BCUT2D eigenvalue weighted by Crippen LogP contribution is -2.50. The zero-order chi connectivity index (χ0) is 17.8.